The third kappa shape index (κ3) is 6.90. The number of esters is 1. The Morgan fingerprint density at radius 2 is 1.76 bits per heavy atom. The van der Waals surface area contributed by atoms with Gasteiger partial charge in [0.1, 0.15) is 29.6 Å². The van der Waals surface area contributed by atoms with Crippen molar-refractivity contribution in [2.45, 2.75) is 60.1 Å². The third-order valence-corrected chi connectivity index (χ3v) is 6.06. The van der Waals surface area contributed by atoms with Gasteiger partial charge < -0.3 is 19.9 Å². The van der Waals surface area contributed by atoms with Crippen LogP contribution in [0.15, 0.2) is 29.1 Å². The molecule has 0 aliphatic rings. The fourth-order valence-corrected chi connectivity index (χ4v) is 3.68. The van der Waals surface area contributed by atoms with Crippen molar-refractivity contribution in [3.05, 3.63) is 62.8 Å². The van der Waals surface area contributed by atoms with Crippen LogP contribution in [-0.2, 0) is 17.9 Å². The van der Waals surface area contributed by atoms with Gasteiger partial charge in [-0.15, -0.1) is 5.10 Å². The van der Waals surface area contributed by atoms with Gasteiger partial charge in [0.15, 0.2) is 17.7 Å². The van der Waals surface area contributed by atoms with E-state index in [-0.39, 0.29) is 18.1 Å². The van der Waals surface area contributed by atoms with Gasteiger partial charge in [0.05, 0.1) is 21.7 Å². The molecule has 0 radical (unpaired) electrons. The Morgan fingerprint density at radius 3 is 2.26 bits per heavy atom. The van der Waals surface area contributed by atoms with Crippen molar-refractivity contribution in [2.24, 2.45) is 5.41 Å². The number of halogens is 6. The lowest BCUT2D eigenvalue weighted by Crippen LogP contribution is -2.32. The standard InChI is InChI=1S/C26H26ClF5N4O6/c1-6-35-20(11-37)34-36(24(35)40)18-10-19(41-12(2)26(30,31)32)14(9-16(18)28)22(38)33-21-15(27)7-13(8-17(21)29)42-23(39)25(3,4)5/h7-10,12,37H,6,11H2,1-5H3,(H,33,38). The van der Waals surface area contributed by atoms with Crippen LogP contribution in [0, 0.1) is 17.0 Å². The van der Waals surface area contributed by atoms with Crippen molar-refractivity contribution in [2.75, 3.05) is 5.32 Å². The van der Waals surface area contributed by atoms with Gasteiger partial charge in [-0.05, 0) is 40.7 Å². The summed E-state index contributed by atoms with van der Waals surface area (Å²) in [7, 11) is 0. The molecule has 1 amide bonds. The van der Waals surface area contributed by atoms with Crippen molar-refractivity contribution < 1.29 is 46.1 Å². The highest BCUT2D eigenvalue weighted by Crippen LogP contribution is 2.34. The molecule has 0 saturated heterocycles. The first-order valence-corrected chi connectivity index (χ1v) is 12.7. The van der Waals surface area contributed by atoms with Gasteiger partial charge >= 0.3 is 17.8 Å². The fraction of sp³-hybridized carbons (Fsp3) is 0.385. The van der Waals surface area contributed by atoms with Gasteiger partial charge in [0.2, 0.25) is 0 Å². The van der Waals surface area contributed by atoms with Crippen molar-refractivity contribution in [1.29, 1.82) is 0 Å². The van der Waals surface area contributed by atoms with E-state index in [9.17, 15) is 37.1 Å². The van der Waals surface area contributed by atoms with Crippen LogP contribution in [0.4, 0.5) is 27.6 Å². The molecular weight excluding hydrogens is 595 g/mol. The van der Waals surface area contributed by atoms with Crippen LogP contribution in [0.1, 0.15) is 50.8 Å². The molecule has 2 aromatic carbocycles. The summed E-state index contributed by atoms with van der Waals surface area (Å²) in [6.45, 7) is 6.18. The summed E-state index contributed by atoms with van der Waals surface area (Å²) >= 11 is 6.08. The number of hydrogen-bond acceptors (Lipinski definition) is 7. The molecule has 3 aromatic rings. The maximum Gasteiger partial charge on any atom is 0.425 e. The molecule has 16 heteroatoms. The number of nitrogens with one attached hydrogen (secondary N) is 1. The number of amides is 1. The molecule has 10 nitrogen and oxygen atoms in total. The number of benzene rings is 2. The van der Waals surface area contributed by atoms with E-state index in [2.05, 4.69) is 10.4 Å². The zero-order valence-corrected chi connectivity index (χ0v) is 23.7. The van der Waals surface area contributed by atoms with Crippen LogP contribution < -0.4 is 20.5 Å². The molecule has 0 aliphatic carbocycles. The van der Waals surface area contributed by atoms with E-state index in [1.54, 1.807) is 27.7 Å². The molecule has 42 heavy (non-hydrogen) atoms. The SMILES string of the molecule is CCn1c(CO)nn(-c2cc(OC(C)C(F)(F)F)c(C(=O)Nc3c(F)cc(OC(=O)C(C)(C)C)cc3Cl)cc2F)c1=O. The van der Waals surface area contributed by atoms with E-state index in [1.807, 2.05) is 0 Å². The molecule has 2 N–H and O–H groups in total. The van der Waals surface area contributed by atoms with E-state index < -0.39 is 81.2 Å². The first-order valence-electron chi connectivity index (χ1n) is 12.3. The molecule has 0 aliphatic heterocycles. The Labute approximate surface area is 240 Å². The Balaban J connectivity index is 2.08. The summed E-state index contributed by atoms with van der Waals surface area (Å²) in [4.78, 5) is 37.9. The van der Waals surface area contributed by atoms with E-state index in [0.717, 1.165) is 16.7 Å². The molecular formula is C26H26ClF5N4O6. The Morgan fingerprint density at radius 1 is 1.12 bits per heavy atom. The second-order valence-electron chi connectivity index (χ2n) is 9.97. The molecule has 0 bridgehead atoms. The maximum absolute atomic E-state index is 15.3. The quantitative estimate of drug-likeness (QED) is 0.206. The number of rotatable bonds is 8. The molecule has 1 atom stereocenters. The lowest BCUT2D eigenvalue weighted by atomic mass is 9.97. The van der Waals surface area contributed by atoms with Crippen molar-refractivity contribution >= 4 is 29.2 Å². The minimum Gasteiger partial charge on any atom is -0.480 e. The minimum atomic E-state index is -4.91. The van der Waals surface area contributed by atoms with Gasteiger partial charge in [-0.3, -0.25) is 14.2 Å². The lowest BCUT2D eigenvalue weighted by molar-refractivity contribution is -0.189. The van der Waals surface area contributed by atoms with E-state index in [4.69, 9.17) is 21.1 Å². The molecule has 1 unspecified atom stereocenters. The maximum atomic E-state index is 15.3. The molecule has 1 heterocycles. The molecule has 0 fully saturated rings. The number of alkyl halides is 3. The summed E-state index contributed by atoms with van der Waals surface area (Å²) in [6, 6.07) is 2.89. The normalized spacial score (nSPS) is 12.7. The number of aliphatic hydroxyl groups is 1. The average Bonchev–Trinajstić information content (AvgIpc) is 3.20. The zero-order valence-electron chi connectivity index (χ0n) is 22.9. The van der Waals surface area contributed by atoms with Crippen LogP contribution in [-0.4, -0.2) is 43.6 Å². The van der Waals surface area contributed by atoms with Gasteiger partial charge in [-0.25, -0.2) is 13.6 Å². The van der Waals surface area contributed by atoms with Crippen LogP contribution in [0.5, 0.6) is 11.5 Å². The molecule has 3 rings (SSSR count). The number of anilines is 1. The zero-order chi connectivity index (χ0) is 31.7. The van der Waals surface area contributed by atoms with Crippen LogP contribution in [0.25, 0.3) is 5.69 Å². The monoisotopic (exact) mass is 620 g/mol. The first-order chi connectivity index (χ1) is 19.4. The molecule has 1 aromatic heterocycles. The highest BCUT2D eigenvalue weighted by molar-refractivity contribution is 6.34. The number of aromatic nitrogens is 3. The topological polar surface area (TPSA) is 125 Å². The summed E-state index contributed by atoms with van der Waals surface area (Å²) < 4.78 is 81.7. The Kier molecular flexibility index (Phi) is 9.37. The lowest BCUT2D eigenvalue weighted by Gasteiger charge is -2.21. The average molecular weight is 621 g/mol. The predicted octanol–water partition coefficient (Wildman–Crippen LogP) is 5.01. The highest BCUT2D eigenvalue weighted by Gasteiger charge is 2.39. The largest absolute Gasteiger partial charge is 0.480 e. The summed E-state index contributed by atoms with van der Waals surface area (Å²) in [5, 5.41) is 14.9. The van der Waals surface area contributed by atoms with Crippen molar-refractivity contribution in [3.8, 4) is 17.2 Å². The first kappa shape index (κ1) is 32.5. The highest BCUT2D eigenvalue weighted by atomic mass is 35.5. The smallest absolute Gasteiger partial charge is 0.425 e. The predicted molar refractivity (Wildman–Crippen MR) is 140 cm³/mol. The van der Waals surface area contributed by atoms with E-state index in [1.165, 1.54) is 0 Å². The molecule has 228 valence electrons. The number of hydrogen-bond donors (Lipinski definition) is 2. The van der Waals surface area contributed by atoms with Crippen molar-refractivity contribution in [1.82, 2.24) is 14.3 Å². The second kappa shape index (κ2) is 12.1. The van der Waals surface area contributed by atoms with E-state index >= 15 is 4.39 Å². The molecule has 0 spiro atoms. The number of aliphatic hydroxyl groups excluding tert-OH is 1. The summed E-state index contributed by atoms with van der Waals surface area (Å²) in [6.07, 6.45) is -7.42. The molecule has 0 saturated carbocycles. The fourth-order valence-electron chi connectivity index (χ4n) is 3.43. The van der Waals surface area contributed by atoms with E-state index in [0.29, 0.717) is 23.7 Å². The minimum absolute atomic E-state index is 0.0336. The number of carbonyl (C=O) groups is 2. The van der Waals surface area contributed by atoms with Crippen LogP contribution in [0.2, 0.25) is 5.02 Å². The summed E-state index contributed by atoms with van der Waals surface area (Å²) in [5.41, 5.74) is -4.00. The number of ether oxygens (including phenoxy) is 2. The number of carbonyl (C=O) groups excluding carboxylic acids is 2. The second-order valence-corrected chi connectivity index (χ2v) is 10.4. The Bertz CT molecular complexity index is 1560. The van der Waals surface area contributed by atoms with Gasteiger partial charge in [0.25, 0.3) is 5.91 Å². The van der Waals surface area contributed by atoms with Gasteiger partial charge in [-0.2, -0.15) is 17.9 Å². The third-order valence-electron chi connectivity index (χ3n) is 5.76. The number of nitrogens with zero attached hydrogens (tertiary/aromatic N) is 3. The van der Waals surface area contributed by atoms with Crippen molar-refractivity contribution in [3.63, 3.8) is 0 Å². The van der Waals surface area contributed by atoms with Crippen LogP contribution in [0.3, 0.4) is 0 Å². The Hall–Kier alpha value is -3.98. The van der Waals surface area contributed by atoms with Gasteiger partial charge in [0, 0.05) is 24.7 Å². The summed E-state index contributed by atoms with van der Waals surface area (Å²) in [5.74, 6) is -5.76. The van der Waals surface area contributed by atoms with Gasteiger partial charge in [-0.1, -0.05) is 11.6 Å². The van der Waals surface area contributed by atoms with Crippen LogP contribution >= 0.6 is 11.6 Å².